The van der Waals surface area contributed by atoms with Crippen molar-refractivity contribution in [2.45, 2.75) is 39.6 Å². The van der Waals surface area contributed by atoms with Crippen molar-refractivity contribution in [1.29, 1.82) is 0 Å². The molecule has 0 spiro atoms. The van der Waals surface area contributed by atoms with Crippen molar-refractivity contribution in [2.24, 2.45) is 0 Å². The molecule has 0 radical (unpaired) electrons. The second-order valence-electron chi connectivity index (χ2n) is 6.66. The molecule has 0 fully saturated rings. The van der Waals surface area contributed by atoms with Gasteiger partial charge in [0.15, 0.2) is 11.9 Å². The van der Waals surface area contributed by atoms with Gasteiger partial charge in [-0.15, -0.1) is 0 Å². The number of rotatable bonds is 8. The van der Waals surface area contributed by atoms with Crippen LogP contribution in [0.15, 0.2) is 60.0 Å². The lowest BCUT2D eigenvalue weighted by Crippen LogP contribution is -2.15. The van der Waals surface area contributed by atoms with E-state index in [2.05, 4.69) is 0 Å². The molecule has 142 valence electrons. The van der Waals surface area contributed by atoms with E-state index >= 15 is 0 Å². The molecular weight excluding hydrogens is 344 g/mol. The Morgan fingerprint density at radius 2 is 1.56 bits per heavy atom. The van der Waals surface area contributed by atoms with Crippen molar-refractivity contribution in [3.63, 3.8) is 0 Å². The SMILES string of the molecule is Cc1cccc(COC2=C(OCc3cccc(C)c3)C(CCO)OC2=O)c1. The number of carbonyl (C=O) groups excluding carboxylic acids is 1. The first-order valence-corrected chi connectivity index (χ1v) is 8.99. The molecule has 0 bridgehead atoms. The van der Waals surface area contributed by atoms with E-state index < -0.39 is 12.1 Å². The maximum Gasteiger partial charge on any atom is 0.378 e. The highest BCUT2D eigenvalue weighted by molar-refractivity contribution is 5.89. The van der Waals surface area contributed by atoms with Crippen LogP contribution in [0.1, 0.15) is 28.7 Å². The summed E-state index contributed by atoms with van der Waals surface area (Å²) >= 11 is 0. The minimum absolute atomic E-state index is 0.0857. The molecule has 0 aromatic heterocycles. The van der Waals surface area contributed by atoms with Gasteiger partial charge >= 0.3 is 5.97 Å². The third-order valence-electron chi connectivity index (χ3n) is 4.28. The van der Waals surface area contributed by atoms with Crippen molar-refractivity contribution in [1.82, 2.24) is 0 Å². The molecule has 5 nitrogen and oxygen atoms in total. The van der Waals surface area contributed by atoms with Crippen molar-refractivity contribution >= 4 is 5.97 Å². The fraction of sp³-hybridized carbons (Fsp3) is 0.318. The van der Waals surface area contributed by atoms with Gasteiger partial charge in [0.2, 0.25) is 5.76 Å². The van der Waals surface area contributed by atoms with E-state index in [9.17, 15) is 9.90 Å². The first-order valence-electron chi connectivity index (χ1n) is 8.99. The van der Waals surface area contributed by atoms with Crippen molar-refractivity contribution in [2.75, 3.05) is 6.61 Å². The van der Waals surface area contributed by atoms with Gasteiger partial charge in [0.05, 0.1) is 0 Å². The van der Waals surface area contributed by atoms with Gasteiger partial charge in [0.25, 0.3) is 0 Å². The molecule has 1 heterocycles. The van der Waals surface area contributed by atoms with Crippen LogP contribution in [0.5, 0.6) is 0 Å². The van der Waals surface area contributed by atoms with Crippen molar-refractivity contribution in [3.8, 4) is 0 Å². The van der Waals surface area contributed by atoms with Gasteiger partial charge in [-0.3, -0.25) is 0 Å². The lowest BCUT2D eigenvalue weighted by Gasteiger charge is -2.14. The molecular formula is C22H24O5. The van der Waals surface area contributed by atoms with E-state index in [-0.39, 0.29) is 25.4 Å². The smallest absolute Gasteiger partial charge is 0.378 e. The lowest BCUT2D eigenvalue weighted by molar-refractivity contribution is -0.143. The molecule has 1 N–H and O–H groups in total. The third-order valence-corrected chi connectivity index (χ3v) is 4.28. The average molecular weight is 368 g/mol. The summed E-state index contributed by atoms with van der Waals surface area (Å²) in [5, 5.41) is 9.27. The number of benzene rings is 2. The Bertz CT molecular complexity index is 840. The van der Waals surface area contributed by atoms with Gasteiger partial charge in [-0.1, -0.05) is 59.7 Å². The molecule has 0 saturated carbocycles. The number of cyclic esters (lactones) is 1. The predicted octanol–water partition coefficient (Wildman–Crippen LogP) is 3.56. The molecule has 1 aliphatic heterocycles. The van der Waals surface area contributed by atoms with Gasteiger partial charge in [0.1, 0.15) is 13.2 Å². The summed E-state index contributed by atoms with van der Waals surface area (Å²) in [6, 6.07) is 15.8. The summed E-state index contributed by atoms with van der Waals surface area (Å²) in [5.41, 5.74) is 4.20. The van der Waals surface area contributed by atoms with E-state index in [4.69, 9.17) is 14.2 Å². The summed E-state index contributed by atoms with van der Waals surface area (Å²) in [4.78, 5) is 12.3. The molecule has 0 aliphatic carbocycles. The van der Waals surface area contributed by atoms with Crippen LogP contribution in [0, 0.1) is 13.8 Å². The highest BCUT2D eigenvalue weighted by Gasteiger charge is 2.37. The number of hydrogen-bond acceptors (Lipinski definition) is 5. The number of aliphatic hydroxyl groups is 1. The van der Waals surface area contributed by atoms with E-state index in [1.54, 1.807) is 0 Å². The zero-order valence-corrected chi connectivity index (χ0v) is 15.6. The van der Waals surface area contributed by atoms with Crippen LogP contribution >= 0.6 is 0 Å². The molecule has 1 unspecified atom stereocenters. The standard InChI is InChI=1S/C22H24O5/c1-15-5-3-7-17(11-15)13-25-20-19(9-10-23)27-22(24)21(20)26-14-18-8-4-6-16(2)12-18/h3-8,11-12,19,23H,9-10,13-14H2,1-2H3. The second kappa shape index (κ2) is 8.73. The van der Waals surface area contributed by atoms with Crippen molar-refractivity contribution in [3.05, 3.63) is 82.3 Å². The van der Waals surface area contributed by atoms with E-state index in [1.165, 1.54) is 0 Å². The molecule has 1 aliphatic rings. The molecule has 2 aromatic carbocycles. The summed E-state index contributed by atoms with van der Waals surface area (Å²) in [5.74, 6) is -0.119. The Kier molecular flexibility index (Phi) is 6.14. The Morgan fingerprint density at radius 1 is 0.963 bits per heavy atom. The van der Waals surface area contributed by atoms with Crippen molar-refractivity contribution < 1.29 is 24.1 Å². The number of ether oxygens (including phenoxy) is 3. The quantitative estimate of drug-likeness (QED) is 0.722. The van der Waals surface area contributed by atoms with E-state index in [0.717, 1.165) is 22.3 Å². The van der Waals surface area contributed by atoms with Crippen LogP contribution in [0.2, 0.25) is 0 Å². The predicted molar refractivity (Wildman–Crippen MR) is 101 cm³/mol. The number of esters is 1. The Morgan fingerprint density at radius 3 is 2.11 bits per heavy atom. The second-order valence-corrected chi connectivity index (χ2v) is 6.66. The van der Waals surface area contributed by atoms with Crippen LogP contribution in [0.25, 0.3) is 0 Å². The van der Waals surface area contributed by atoms with Gasteiger partial charge in [-0.05, 0) is 25.0 Å². The van der Waals surface area contributed by atoms with Gasteiger partial charge < -0.3 is 19.3 Å². The molecule has 5 heteroatoms. The van der Waals surface area contributed by atoms with Crippen LogP contribution in [-0.4, -0.2) is 23.8 Å². The monoisotopic (exact) mass is 368 g/mol. The van der Waals surface area contributed by atoms with E-state index in [0.29, 0.717) is 12.4 Å². The summed E-state index contributed by atoms with van der Waals surface area (Å²) in [6.07, 6.45) is -0.355. The lowest BCUT2D eigenvalue weighted by atomic mass is 10.1. The maximum atomic E-state index is 12.3. The highest BCUT2D eigenvalue weighted by atomic mass is 16.6. The number of aliphatic hydroxyl groups excluding tert-OH is 1. The van der Waals surface area contributed by atoms with Crippen LogP contribution in [0.3, 0.4) is 0 Å². The molecule has 3 rings (SSSR count). The Labute approximate surface area is 159 Å². The molecule has 1 atom stereocenters. The first-order chi connectivity index (χ1) is 13.1. The maximum absolute atomic E-state index is 12.3. The minimum atomic E-state index is -0.625. The van der Waals surface area contributed by atoms with Crippen LogP contribution in [0.4, 0.5) is 0 Å². The first kappa shape index (κ1) is 19.0. The van der Waals surface area contributed by atoms with Gasteiger partial charge in [-0.25, -0.2) is 4.79 Å². The summed E-state index contributed by atoms with van der Waals surface area (Å²) in [7, 11) is 0. The largest absolute Gasteiger partial charge is 0.485 e. The fourth-order valence-electron chi connectivity index (χ4n) is 3.00. The van der Waals surface area contributed by atoms with Gasteiger partial charge in [-0.2, -0.15) is 0 Å². The number of aryl methyl sites for hydroxylation is 2. The normalized spacial score (nSPS) is 16.4. The van der Waals surface area contributed by atoms with Gasteiger partial charge in [0, 0.05) is 13.0 Å². The summed E-state index contributed by atoms with van der Waals surface area (Å²) < 4.78 is 17.0. The zero-order valence-electron chi connectivity index (χ0n) is 15.6. The molecule has 0 amide bonds. The zero-order chi connectivity index (χ0) is 19.2. The number of hydrogen-bond donors (Lipinski definition) is 1. The van der Waals surface area contributed by atoms with Crippen LogP contribution < -0.4 is 0 Å². The minimum Gasteiger partial charge on any atom is -0.485 e. The highest BCUT2D eigenvalue weighted by Crippen LogP contribution is 2.28. The Hall–Kier alpha value is -2.79. The summed E-state index contributed by atoms with van der Waals surface area (Å²) in [6.45, 7) is 4.44. The van der Waals surface area contributed by atoms with Crippen LogP contribution in [-0.2, 0) is 32.2 Å². The molecule has 0 saturated heterocycles. The third kappa shape index (κ3) is 4.89. The topological polar surface area (TPSA) is 65.0 Å². The molecule has 27 heavy (non-hydrogen) atoms. The average Bonchev–Trinajstić information content (AvgIpc) is 2.93. The molecule has 2 aromatic rings. The van der Waals surface area contributed by atoms with E-state index in [1.807, 2.05) is 62.4 Å². The number of carbonyl (C=O) groups is 1. The Balaban J connectivity index is 1.76. The fourth-order valence-corrected chi connectivity index (χ4v) is 3.00.